The number of allylic oxidation sites excluding steroid dienone is 1. The Morgan fingerprint density at radius 2 is 1.28 bits per heavy atom. The lowest BCUT2D eigenvalue weighted by Crippen LogP contribution is -2.34. The van der Waals surface area contributed by atoms with E-state index in [2.05, 4.69) is 91.2 Å². The average molecular weight is 428 g/mol. The van der Waals surface area contributed by atoms with Crippen LogP contribution in [-0.4, -0.2) is 21.7 Å². The van der Waals surface area contributed by atoms with Crippen molar-refractivity contribution >= 4 is 11.3 Å². The summed E-state index contributed by atoms with van der Waals surface area (Å²) in [4.78, 5) is 12.4. The Labute approximate surface area is 190 Å². The molecule has 1 aromatic heterocycles. The first-order valence-electron chi connectivity index (χ1n) is 11.4. The molecule has 0 aliphatic carbocycles. The quantitative estimate of drug-likeness (QED) is 0.460. The fraction of sp³-hybridized carbons (Fsp3) is 0.333. The number of rotatable bonds is 7. The molecule has 5 N–H and O–H groups in total. The van der Waals surface area contributed by atoms with Crippen molar-refractivity contribution in [1.82, 2.24) is 9.97 Å². The second-order valence-electron chi connectivity index (χ2n) is 9.33. The highest BCUT2D eigenvalue weighted by atomic mass is 15.0. The lowest BCUT2D eigenvalue weighted by molar-refractivity contribution is 0.494. The molecule has 1 aliphatic rings. The summed E-state index contributed by atoms with van der Waals surface area (Å²) in [5, 5.41) is 0. The fourth-order valence-corrected chi connectivity index (χ4v) is 3.90. The zero-order valence-electron chi connectivity index (χ0n) is 19.3. The summed E-state index contributed by atoms with van der Waals surface area (Å²) >= 11 is 0. The first-order chi connectivity index (χ1) is 15.3. The second-order valence-corrected chi connectivity index (χ2v) is 9.33. The number of nitrogens with one attached hydrogen (secondary N) is 1. The average Bonchev–Trinajstić information content (AvgIpc) is 3.48. The Kier molecular flexibility index (Phi) is 6.40. The molecule has 2 aromatic carbocycles. The molecule has 32 heavy (non-hydrogen) atoms. The van der Waals surface area contributed by atoms with Gasteiger partial charge in [-0.1, -0.05) is 76.2 Å². The smallest absolute Gasteiger partial charge is 0.123 e. The fourth-order valence-electron chi connectivity index (χ4n) is 3.90. The molecule has 0 amide bonds. The van der Waals surface area contributed by atoms with Gasteiger partial charge in [0.15, 0.2) is 0 Å². The predicted molar refractivity (Wildman–Crippen MR) is 134 cm³/mol. The third kappa shape index (κ3) is 4.59. The van der Waals surface area contributed by atoms with Gasteiger partial charge in [-0.15, -0.1) is 0 Å². The van der Waals surface area contributed by atoms with Crippen molar-refractivity contribution < 1.29 is 0 Å². The van der Waals surface area contributed by atoms with Gasteiger partial charge in [-0.25, -0.2) is 4.98 Å². The van der Waals surface area contributed by atoms with Crippen molar-refractivity contribution in [2.45, 2.75) is 46.2 Å². The minimum Gasteiger partial charge on any atom is -0.341 e. The predicted octanol–water partition coefficient (Wildman–Crippen LogP) is 5.57. The van der Waals surface area contributed by atoms with E-state index in [0.717, 1.165) is 29.2 Å². The molecule has 1 aliphatic heterocycles. The first kappa shape index (κ1) is 22.2. The number of hydrogen-bond donors (Lipinski definition) is 3. The van der Waals surface area contributed by atoms with Gasteiger partial charge in [-0.3, -0.25) is 4.99 Å². The normalized spacial score (nSPS) is 15.8. The van der Waals surface area contributed by atoms with Gasteiger partial charge in [0, 0.05) is 24.4 Å². The highest BCUT2D eigenvalue weighted by molar-refractivity contribution is 6.01. The Morgan fingerprint density at radius 1 is 0.750 bits per heavy atom. The Morgan fingerprint density at radius 3 is 1.84 bits per heavy atom. The van der Waals surface area contributed by atoms with E-state index in [4.69, 9.17) is 11.5 Å². The molecular formula is C27H33N5. The van der Waals surface area contributed by atoms with Crippen molar-refractivity contribution in [3.63, 3.8) is 0 Å². The van der Waals surface area contributed by atoms with Gasteiger partial charge in [0.1, 0.15) is 5.82 Å². The molecule has 166 valence electrons. The van der Waals surface area contributed by atoms with Crippen LogP contribution in [0.25, 0.3) is 28.0 Å². The third-order valence-corrected chi connectivity index (χ3v) is 6.28. The van der Waals surface area contributed by atoms with Crippen molar-refractivity contribution in [1.29, 1.82) is 0 Å². The molecule has 2 heterocycles. The van der Waals surface area contributed by atoms with Gasteiger partial charge in [0.2, 0.25) is 0 Å². The van der Waals surface area contributed by atoms with E-state index in [1.165, 1.54) is 22.3 Å². The molecule has 0 saturated carbocycles. The summed E-state index contributed by atoms with van der Waals surface area (Å²) < 4.78 is 0. The Hall–Kier alpha value is -3.02. The number of benzene rings is 2. The van der Waals surface area contributed by atoms with Crippen LogP contribution >= 0.6 is 0 Å². The van der Waals surface area contributed by atoms with Gasteiger partial charge in [-0.05, 0) is 39.7 Å². The van der Waals surface area contributed by atoms with E-state index in [-0.39, 0.29) is 12.1 Å². The van der Waals surface area contributed by atoms with E-state index in [0.29, 0.717) is 11.8 Å². The minimum atomic E-state index is -0.0842. The summed E-state index contributed by atoms with van der Waals surface area (Å²) in [6.07, 6.45) is 4.66. The number of nitrogens with zero attached hydrogens (tertiary/aromatic N) is 2. The number of nitrogens with two attached hydrogens (primary N) is 2. The number of aromatic amines is 1. The van der Waals surface area contributed by atoms with E-state index < -0.39 is 0 Å². The number of hydrogen-bond acceptors (Lipinski definition) is 4. The van der Waals surface area contributed by atoms with E-state index in [1.54, 1.807) is 0 Å². The van der Waals surface area contributed by atoms with E-state index in [9.17, 15) is 0 Å². The zero-order chi connectivity index (χ0) is 22.8. The number of H-pyrrole nitrogens is 1. The highest BCUT2D eigenvalue weighted by Gasteiger charge is 2.20. The second kappa shape index (κ2) is 9.23. The lowest BCUT2D eigenvalue weighted by Gasteiger charge is -2.16. The molecule has 0 unspecified atom stereocenters. The number of imidazole rings is 1. The zero-order valence-corrected chi connectivity index (χ0v) is 19.3. The summed E-state index contributed by atoms with van der Waals surface area (Å²) in [5.74, 6) is 1.56. The summed E-state index contributed by atoms with van der Waals surface area (Å²) in [5.41, 5.74) is 20.4. The van der Waals surface area contributed by atoms with Gasteiger partial charge in [-0.2, -0.15) is 0 Å². The van der Waals surface area contributed by atoms with E-state index >= 15 is 0 Å². The molecule has 5 heteroatoms. The molecule has 5 nitrogen and oxygen atoms in total. The maximum absolute atomic E-state index is 6.27. The summed E-state index contributed by atoms with van der Waals surface area (Å²) in [6, 6.07) is 17.1. The molecule has 0 saturated heterocycles. The monoisotopic (exact) mass is 427 g/mol. The molecule has 2 atom stereocenters. The standard InChI is InChI=1S/C27H33N5/c1-16(2)25(28)23-13-22(14-30-23)20-7-5-18(6-8-20)19-9-11-21(12-10-19)24-15-31-27(32-24)26(29)17(3)4/h5-12,14-17,25-26H,13,28-29H2,1-4H3,(H,31,32)/t25-,26-/m0/s1. The molecule has 4 rings (SSSR count). The van der Waals surface area contributed by atoms with Crippen LogP contribution in [0.4, 0.5) is 0 Å². The van der Waals surface area contributed by atoms with Crippen LogP contribution in [0.15, 0.2) is 65.9 Å². The molecule has 0 spiro atoms. The molecule has 0 fully saturated rings. The van der Waals surface area contributed by atoms with Crippen molar-refractivity contribution in [3.8, 4) is 22.4 Å². The largest absolute Gasteiger partial charge is 0.341 e. The molecule has 3 aromatic rings. The SMILES string of the molecule is CC(C)[C@H](N)C1=NC=C(c2ccc(-c3ccc(-c4cnc([C@@H](N)C(C)C)[nH]4)cc3)cc2)C1. The maximum Gasteiger partial charge on any atom is 0.123 e. The van der Waals surface area contributed by atoms with Crippen LogP contribution < -0.4 is 11.5 Å². The third-order valence-electron chi connectivity index (χ3n) is 6.28. The van der Waals surface area contributed by atoms with Crippen LogP contribution in [-0.2, 0) is 0 Å². The summed E-state index contributed by atoms with van der Waals surface area (Å²) in [6.45, 7) is 8.47. The van der Waals surface area contributed by atoms with Crippen LogP contribution in [0.3, 0.4) is 0 Å². The lowest BCUT2D eigenvalue weighted by atomic mass is 9.93. The Balaban J connectivity index is 1.44. The van der Waals surface area contributed by atoms with Gasteiger partial charge >= 0.3 is 0 Å². The van der Waals surface area contributed by atoms with Gasteiger partial charge < -0.3 is 16.5 Å². The first-order valence-corrected chi connectivity index (χ1v) is 11.4. The molecule has 0 radical (unpaired) electrons. The maximum atomic E-state index is 6.27. The van der Waals surface area contributed by atoms with Gasteiger partial charge in [0.25, 0.3) is 0 Å². The van der Waals surface area contributed by atoms with Crippen molar-refractivity contribution in [3.05, 3.63) is 72.3 Å². The van der Waals surface area contributed by atoms with Gasteiger partial charge in [0.05, 0.1) is 17.9 Å². The minimum absolute atomic E-state index is 0.0219. The van der Waals surface area contributed by atoms with Crippen LogP contribution in [0.2, 0.25) is 0 Å². The van der Waals surface area contributed by atoms with E-state index in [1.807, 2.05) is 12.4 Å². The molecule has 0 bridgehead atoms. The van der Waals surface area contributed by atoms with Crippen LogP contribution in [0, 0.1) is 11.8 Å². The van der Waals surface area contributed by atoms with Crippen molar-refractivity contribution in [2.75, 3.05) is 0 Å². The molecular weight excluding hydrogens is 394 g/mol. The Bertz CT molecular complexity index is 1120. The number of aromatic nitrogens is 2. The highest BCUT2D eigenvalue weighted by Crippen LogP contribution is 2.29. The summed E-state index contributed by atoms with van der Waals surface area (Å²) in [7, 11) is 0. The topological polar surface area (TPSA) is 93.1 Å². The van der Waals surface area contributed by atoms with Crippen LogP contribution in [0.5, 0.6) is 0 Å². The number of aliphatic imine (C=N–C) groups is 1. The van der Waals surface area contributed by atoms with Crippen molar-refractivity contribution in [2.24, 2.45) is 28.3 Å². The van der Waals surface area contributed by atoms with Crippen LogP contribution in [0.1, 0.15) is 51.5 Å².